The third-order valence-corrected chi connectivity index (χ3v) is 1.95. The van der Waals surface area contributed by atoms with Crippen molar-refractivity contribution in [1.82, 2.24) is 0 Å². The van der Waals surface area contributed by atoms with Crippen LogP contribution in [0.25, 0.3) is 0 Å². The second-order valence-corrected chi connectivity index (χ2v) is 4.32. The van der Waals surface area contributed by atoms with Crippen LogP contribution in [0.15, 0.2) is 0 Å². The predicted octanol–water partition coefficient (Wildman–Crippen LogP) is 0.408. The van der Waals surface area contributed by atoms with E-state index in [0.717, 1.165) is 6.61 Å². The molecule has 1 fully saturated rings. The molecule has 2 N–H and O–H groups in total. The highest BCUT2D eigenvalue weighted by molar-refractivity contribution is 7.39. The summed E-state index contributed by atoms with van der Waals surface area (Å²) in [5.41, 5.74) is -0.502. The third-order valence-electron chi connectivity index (χ3n) is 1.59. The average molecular weight is 210 g/mol. The van der Waals surface area contributed by atoms with Gasteiger partial charge in [0.05, 0.1) is 25.4 Å². The van der Waals surface area contributed by atoms with E-state index in [1.807, 2.05) is 13.8 Å². The smallest absolute Gasteiger partial charge is 0.327 e. The summed E-state index contributed by atoms with van der Waals surface area (Å²) in [6, 6.07) is 0. The Hall–Kier alpha value is 0.230. The first-order valence-electron chi connectivity index (χ1n) is 4.06. The maximum Gasteiger partial charge on any atom is 0.327 e. The van der Waals surface area contributed by atoms with E-state index in [-0.39, 0.29) is 12.7 Å². The molecule has 0 saturated carbocycles. The summed E-state index contributed by atoms with van der Waals surface area (Å²) >= 11 is 0. The molecule has 1 heterocycles. The molecule has 0 bridgehead atoms. The van der Waals surface area contributed by atoms with E-state index in [4.69, 9.17) is 19.3 Å². The molecule has 0 radical (unpaired) electrons. The van der Waals surface area contributed by atoms with Gasteiger partial charge in [0.15, 0.2) is 0 Å². The van der Waals surface area contributed by atoms with E-state index in [9.17, 15) is 0 Å². The Labute approximate surface area is 78.6 Å². The normalized spacial score (nSPS) is 22.4. The summed E-state index contributed by atoms with van der Waals surface area (Å²) < 4.78 is 15.1. The zero-order valence-corrected chi connectivity index (χ0v) is 8.66. The monoisotopic (exact) mass is 210 g/mol. The van der Waals surface area contributed by atoms with E-state index in [0.29, 0.717) is 6.61 Å². The van der Waals surface area contributed by atoms with Gasteiger partial charge in [0.25, 0.3) is 0 Å². The zero-order chi connectivity index (χ0) is 9.90. The standard InChI is InChI=1S/C7H15O5P/c1-7(2,5-12-13(8)9)11-4-6-3-10-6/h6,8-9H,3-5H2,1-2H3. The van der Waals surface area contributed by atoms with Gasteiger partial charge in [0.1, 0.15) is 6.10 Å². The number of rotatable bonds is 6. The van der Waals surface area contributed by atoms with Crippen LogP contribution in [0.1, 0.15) is 13.8 Å². The average Bonchev–Trinajstić information content (AvgIpc) is 2.81. The Kier molecular flexibility index (Phi) is 4.04. The summed E-state index contributed by atoms with van der Waals surface area (Å²) in [4.78, 5) is 17.0. The van der Waals surface area contributed by atoms with Crippen molar-refractivity contribution < 1.29 is 23.8 Å². The van der Waals surface area contributed by atoms with Crippen LogP contribution in [0.4, 0.5) is 0 Å². The second kappa shape index (κ2) is 4.64. The van der Waals surface area contributed by atoms with Crippen molar-refractivity contribution in [1.29, 1.82) is 0 Å². The van der Waals surface area contributed by atoms with Crippen LogP contribution in [0.2, 0.25) is 0 Å². The van der Waals surface area contributed by atoms with Gasteiger partial charge in [-0.3, -0.25) is 0 Å². The maximum atomic E-state index is 8.52. The van der Waals surface area contributed by atoms with Crippen LogP contribution >= 0.6 is 8.60 Å². The van der Waals surface area contributed by atoms with Crippen molar-refractivity contribution in [3.8, 4) is 0 Å². The van der Waals surface area contributed by atoms with Gasteiger partial charge in [0.2, 0.25) is 0 Å². The number of hydrogen-bond donors (Lipinski definition) is 2. The third kappa shape index (κ3) is 5.52. The van der Waals surface area contributed by atoms with E-state index in [2.05, 4.69) is 4.52 Å². The van der Waals surface area contributed by atoms with Crippen molar-refractivity contribution in [2.24, 2.45) is 0 Å². The van der Waals surface area contributed by atoms with Crippen LogP contribution in [0.5, 0.6) is 0 Å². The predicted molar refractivity (Wildman–Crippen MR) is 47.1 cm³/mol. The molecular formula is C7H15O5P. The Morgan fingerprint density at radius 3 is 2.62 bits per heavy atom. The summed E-state index contributed by atoms with van der Waals surface area (Å²) in [5, 5.41) is 0. The number of epoxide rings is 1. The molecule has 1 aliphatic rings. The molecule has 1 saturated heterocycles. The molecule has 6 heteroatoms. The lowest BCUT2D eigenvalue weighted by Gasteiger charge is -2.24. The Bertz CT molecular complexity index is 149. The second-order valence-electron chi connectivity index (χ2n) is 3.55. The van der Waals surface area contributed by atoms with E-state index in [1.165, 1.54) is 0 Å². The molecule has 5 nitrogen and oxygen atoms in total. The molecule has 0 aromatic rings. The van der Waals surface area contributed by atoms with Crippen LogP contribution in [-0.4, -0.2) is 41.3 Å². The van der Waals surface area contributed by atoms with E-state index >= 15 is 0 Å². The summed E-state index contributed by atoms with van der Waals surface area (Å²) in [6.45, 7) is 5.11. The fourth-order valence-electron chi connectivity index (χ4n) is 0.738. The van der Waals surface area contributed by atoms with Crippen LogP contribution in [-0.2, 0) is 14.0 Å². The molecule has 1 rings (SSSR count). The topological polar surface area (TPSA) is 71.5 Å². The Morgan fingerprint density at radius 1 is 1.54 bits per heavy atom. The maximum absolute atomic E-state index is 8.52. The lowest BCUT2D eigenvalue weighted by Crippen LogP contribution is -2.31. The van der Waals surface area contributed by atoms with Crippen LogP contribution in [0.3, 0.4) is 0 Å². The lowest BCUT2D eigenvalue weighted by molar-refractivity contribution is -0.0539. The molecule has 0 aliphatic carbocycles. The highest BCUT2D eigenvalue weighted by atomic mass is 31.2. The van der Waals surface area contributed by atoms with Crippen molar-refractivity contribution in [2.75, 3.05) is 19.8 Å². The van der Waals surface area contributed by atoms with Gasteiger partial charge in [-0.25, -0.2) is 0 Å². The molecule has 78 valence electrons. The minimum absolute atomic E-state index is 0.165. The minimum atomic E-state index is -2.29. The molecule has 1 atom stereocenters. The summed E-state index contributed by atoms with van der Waals surface area (Å²) in [6.07, 6.45) is 0.212. The van der Waals surface area contributed by atoms with E-state index in [1.54, 1.807) is 0 Å². The largest absolute Gasteiger partial charge is 0.371 e. The molecular weight excluding hydrogens is 195 g/mol. The van der Waals surface area contributed by atoms with Gasteiger partial charge < -0.3 is 23.8 Å². The highest BCUT2D eigenvalue weighted by Crippen LogP contribution is 2.27. The van der Waals surface area contributed by atoms with E-state index < -0.39 is 14.2 Å². The van der Waals surface area contributed by atoms with Gasteiger partial charge in [0, 0.05) is 0 Å². The summed E-state index contributed by atoms with van der Waals surface area (Å²) in [5.74, 6) is 0. The molecule has 0 aromatic carbocycles. The molecule has 0 spiro atoms. The van der Waals surface area contributed by atoms with Gasteiger partial charge in [-0.1, -0.05) is 0 Å². The van der Waals surface area contributed by atoms with Crippen molar-refractivity contribution in [3.63, 3.8) is 0 Å². The molecule has 0 aromatic heterocycles. The quantitative estimate of drug-likeness (QED) is 0.490. The minimum Gasteiger partial charge on any atom is -0.371 e. The Morgan fingerprint density at radius 2 is 2.15 bits per heavy atom. The number of hydrogen-bond acceptors (Lipinski definition) is 5. The van der Waals surface area contributed by atoms with Gasteiger partial charge >= 0.3 is 8.60 Å². The molecule has 0 amide bonds. The first-order chi connectivity index (χ1) is 5.99. The molecule has 13 heavy (non-hydrogen) atoms. The SMILES string of the molecule is CC(C)(COP(O)O)OCC1CO1. The molecule has 1 unspecified atom stereocenters. The fourth-order valence-corrected chi connectivity index (χ4v) is 1.16. The van der Waals surface area contributed by atoms with Gasteiger partial charge in [-0.15, -0.1) is 0 Å². The van der Waals surface area contributed by atoms with Crippen molar-refractivity contribution in [2.45, 2.75) is 25.6 Å². The molecule has 1 aliphatic heterocycles. The van der Waals surface area contributed by atoms with Crippen molar-refractivity contribution in [3.05, 3.63) is 0 Å². The van der Waals surface area contributed by atoms with Gasteiger partial charge in [-0.2, -0.15) is 0 Å². The zero-order valence-electron chi connectivity index (χ0n) is 7.77. The fraction of sp³-hybridized carbons (Fsp3) is 1.00. The number of ether oxygens (including phenoxy) is 2. The van der Waals surface area contributed by atoms with Crippen molar-refractivity contribution >= 4 is 8.60 Å². The lowest BCUT2D eigenvalue weighted by atomic mass is 10.1. The first-order valence-corrected chi connectivity index (χ1v) is 5.22. The summed E-state index contributed by atoms with van der Waals surface area (Å²) in [7, 11) is -2.29. The Balaban J connectivity index is 2.10. The van der Waals surface area contributed by atoms with Gasteiger partial charge in [-0.05, 0) is 13.8 Å². The van der Waals surface area contributed by atoms with Crippen LogP contribution in [0, 0.1) is 0 Å². The first kappa shape index (κ1) is 11.3. The van der Waals surface area contributed by atoms with Crippen LogP contribution < -0.4 is 0 Å². The highest BCUT2D eigenvalue weighted by Gasteiger charge is 2.28.